The average molecular weight is 359 g/mol. The summed E-state index contributed by atoms with van der Waals surface area (Å²) in [5, 5.41) is 9.22. The Balaban J connectivity index is 2.39. The van der Waals surface area contributed by atoms with Crippen LogP contribution in [0, 0.1) is 30.2 Å². The first-order valence-corrected chi connectivity index (χ1v) is 8.75. The molecule has 0 aliphatic carbocycles. The van der Waals surface area contributed by atoms with Crippen molar-refractivity contribution in [1.29, 1.82) is 5.26 Å². The van der Waals surface area contributed by atoms with Crippen molar-refractivity contribution in [3.63, 3.8) is 0 Å². The summed E-state index contributed by atoms with van der Waals surface area (Å²) in [7, 11) is 4.05. The molecule has 1 aliphatic rings. The molecule has 1 heterocycles. The third kappa shape index (κ3) is 4.90. The zero-order valence-electron chi connectivity index (χ0n) is 16.8. The highest BCUT2D eigenvalue weighted by atomic mass is 16.5. The number of ether oxygens (including phenoxy) is 1. The highest BCUT2D eigenvalue weighted by Crippen LogP contribution is 2.34. The number of benzene rings is 1. The number of allylic oxidation sites excluding steroid dienone is 6. The molecule has 0 atom stereocenters. The van der Waals surface area contributed by atoms with E-state index in [1.54, 1.807) is 12.2 Å². The van der Waals surface area contributed by atoms with E-state index in [0.717, 1.165) is 11.3 Å². The first-order chi connectivity index (χ1) is 12.7. The molecule has 1 aromatic carbocycles. The summed E-state index contributed by atoms with van der Waals surface area (Å²) in [6.07, 6.45) is 7.38. The van der Waals surface area contributed by atoms with Crippen molar-refractivity contribution in [2.75, 3.05) is 19.0 Å². The van der Waals surface area contributed by atoms with Crippen molar-refractivity contribution in [1.82, 2.24) is 0 Å². The van der Waals surface area contributed by atoms with Crippen molar-refractivity contribution in [2.24, 2.45) is 5.41 Å². The van der Waals surface area contributed by atoms with Crippen molar-refractivity contribution >= 4 is 11.8 Å². The van der Waals surface area contributed by atoms with Crippen molar-refractivity contribution in [2.45, 2.75) is 27.7 Å². The van der Waals surface area contributed by atoms with Gasteiger partial charge in [-0.2, -0.15) is 0 Å². The van der Waals surface area contributed by atoms with E-state index in [1.165, 1.54) is 11.3 Å². The summed E-state index contributed by atoms with van der Waals surface area (Å²) in [6, 6.07) is 8.22. The molecule has 0 fully saturated rings. The SMILES string of the molecule is [C-]#[N+]/C(C#N)=C1C=C(/C=C/c2ccc(N(C)C)c(C)c2)OC(C(C)(C)C)=C\1. The number of hydrogen-bond donors (Lipinski definition) is 0. The molecule has 0 spiro atoms. The summed E-state index contributed by atoms with van der Waals surface area (Å²) in [5.41, 5.74) is 3.85. The van der Waals surface area contributed by atoms with Gasteiger partial charge in [-0.3, -0.25) is 0 Å². The van der Waals surface area contributed by atoms with Gasteiger partial charge in [0.05, 0.1) is 12.6 Å². The van der Waals surface area contributed by atoms with E-state index in [9.17, 15) is 5.26 Å². The van der Waals surface area contributed by atoms with Gasteiger partial charge in [0.1, 0.15) is 11.5 Å². The fourth-order valence-corrected chi connectivity index (χ4v) is 2.73. The minimum absolute atomic E-state index is 0.0668. The molecular formula is C23H25N3O. The second-order valence-electron chi connectivity index (χ2n) is 7.71. The molecule has 0 bridgehead atoms. The Hall–Kier alpha value is -3.24. The van der Waals surface area contributed by atoms with Gasteiger partial charge in [-0.25, -0.2) is 10.1 Å². The van der Waals surface area contributed by atoms with Gasteiger partial charge in [0.25, 0.3) is 5.70 Å². The molecule has 0 N–H and O–H groups in total. The Bertz CT molecular complexity index is 923. The Kier molecular flexibility index (Phi) is 5.93. The van der Waals surface area contributed by atoms with Gasteiger partial charge in [-0.15, -0.1) is 0 Å². The fourth-order valence-electron chi connectivity index (χ4n) is 2.73. The van der Waals surface area contributed by atoms with Crippen LogP contribution < -0.4 is 4.90 Å². The maximum Gasteiger partial charge on any atom is 0.269 e. The van der Waals surface area contributed by atoms with Crippen LogP contribution in [0.3, 0.4) is 0 Å². The number of rotatable bonds is 3. The maximum atomic E-state index is 9.22. The second-order valence-corrected chi connectivity index (χ2v) is 7.71. The zero-order valence-corrected chi connectivity index (χ0v) is 16.8. The molecule has 0 saturated carbocycles. The monoisotopic (exact) mass is 359 g/mol. The molecule has 4 nitrogen and oxygen atoms in total. The van der Waals surface area contributed by atoms with E-state index in [2.05, 4.69) is 34.9 Å². The predicted molar refractivity (Wildman–Crippen MR) is 110 cm³/mol. The van der Waals surface area contributed by atoms with Crippen molar-refractivity contribution in [3.05, 3.63) is 81.8 Å². The third-order valence-electron chi connectivity index (χ3n) is 4.19. The first-order valence-electron chi connectivity index (χ1n) is 8.75. The normalized spacial score (nSPS) is 16.0. The summed E-state index contributed by atoms with van der Waals surface area (Å²) in [6.45, 7) is 15.4. The van der Waals surface area contributed by atoms with Crippen LogP contribution in [0.5, 0.6) is 0 Å². The smallest absolute Gasteiger partial charge is 0.269 e. The molecule has 0 amide bonds. The second kappa shape index (κ2) is 7.98. The molecular weight excluding hydrogens is 334 g/mol. The summed E-state index contributed by atoms with van der Waals surface area (Å²) in [5.74, 6) is 1.35. The third-order valence-corrected chi connectivity index (χ3v) is 4.19. The number of aryl methyl sites for hydroxylation is 1. The molecule has 0 aromatic heterocycles. The highest BCUT2D eigenvalue weighted by molar-refractivity contribution is 5.62. The maximum absolute atomic E-state index is 9.22. The van der Waals surface area contributed by atoms with Crippen LogP contribution in [0.25, 0.3) is 10.9 Å². The molecule has 27 heavy (non-hydrogen) atoms. The van der Waals surface area contributed by atoms with E-state index >= 15 is 0 Å². The first kappa shape index (κ1) is 20.1. The Labute approximate surface area is 162 Å². The fraction of sp³-hybridized carbons (Fsp3) is 0.304. The van der Waals surface area contributed by atoms with Crippen molar-refractivity contribution in [3.8, 4) is 6.07 Å². The van der Waals surface area contributed by atoms with E-state index < -0.39 is 0 Å². The molecule has 2 rings (SSSR count). The van der Waals surface area contributed by atoms with Crippen LogP contribution in [0.1, 0.15) is 31.9 Å². The van der Waals surface area contributed by atoms with Gasteiger partial charge in [-0.1, -0.05) is 32.9 Å². The van der Waals surface area contributed by atoms with Gasteiger partial charge in [-0.05, 0) is 54.0 Å². The van der Waals surface area contributed by atoms with Crippen molar-refractivity contribution < 1.29 is 4.74 Å². The van der Waals surface area contributed by atoms with Crippen LogP contribution >= 0.6 is 0 Å². The van der Waals surface area contributed by atoms with Crippen LogP contribution in [0.15, 0.2) is 59.2 Å². The summed E-state index contributed by atoms with van der Waals surface area (Å²) < 4.78 is 6.01. The van der Waals surface area contributed by atoms with E-state index in [1.807, 2.05) is 53.1 Å². The average Bonchev–Trinajstić information content (AvgIpc) is 2.60. The lowest BCUT2D eigenvalue weighted by Crippen LogP contribution is -2.15. The zero-order chi connectivity index (χ0) is 20.2. The Morgan fingerprint density at radius 2 is 1.93 bits per heavy atom. The molecule has 138 valence electrons. The number of nitrogens with zero attached hydrogens (tertiary/aromatic N) is 3. The van der Waals surface area contributed by atoms with Crippen LogP contribution in [-0.4, -0.2) is 14.1 Å². The summed E-state index contributed by atoms with van der Waals surface area (Å²) in [4.78, 5) is 5.42. The molecule has 1 aliphatic heterocycles. The molecule has 4 heteroatoms. The van der Waals surface area contributed by atoms with Gasteiger partial charge in [0.2, 0.25) is 0 Å². The summed E-state index contributed by atoms with van der Waals surface area (Å²) >= 11 is 0. The van der Waals surface area contributed by atoms with Gasteiger partial charge in [0, 0.05) is 25.2 Å². The highest BCUT2D eigenvalue weighted by Gasteiger charge is 2.23. The Morgan fingerprint density at radius 1 is 1.22 bits per heavy atom. The predicted octanol–water partition coefficient (Wildman–Crippen LogP) is 5.62. The lowest BCUT2D eigenvalue weighted by Gasteiger charge is -2.26. The molecule has 0 unspecified atom stereocenters. The largest absolute Gasteiger partial charge is 0.461 e. The topological polar surface area (TPSA) is 40.6 Å². The van der Waals surface area contributed by atoms with E-state index in [4.69, 9.17) is 11.3 Å². The van der Waals surface area contributed by atoms with Crippen LogP contribution in [0.2, 0.25) is 0 Å². The lowest BCUT2D eigenvalue weighted by molar-refractivity contribution is 0.223. The van der Waals surface area contributed by atoms with E-state index in [-0.39, 0.29) is 11.1 Å². The lowest BCUT2D eigenvalue weighted by atomic mass is 9.91. The Morgan fingerprint density at radius 3 is 2.44 bits per heavy atom. The molecule has 1 aromatic rings. The number of nitriles is 1. The minimum Gasteiger partial charge on any atom is -0.461 e. The van der Waals surface area contributed by atoms with Gasteiger partial charge >= 0.3 is 0 Å². The van der Waals surface area contributed by atoms with Gasteiger partial charge in [0.15, 0.2) is 0 Å². The van der Waals surface area contributed by atoms with E-state index in [0.29, 0.717) is 11.3 Å². The standard InChI is InChI=1S/C23H25N3O/c1-16-12-17(9-11-21(16)26(6)7)8-10-19-13-18(20(15-24)25-5)14-22(27-19)23(2,3)4/h8-14H,1-4,6-7H3/b10-8+,20-18+. The number of anilines is 1. The quantitative estimate of drug-likeness (QED) is 0.520. The van der Waals surface area contributed by atoms with Crippen LogP contribution in [0.4, 0.5) is 5.69 Å². The molecule has 0 radical (unpaired) electrons. The van der Waals surface area contributed by atoms with Crippen LogP contribution in [-0.2, 0) is 4.74 Å². The number of hydrogen-bond acceptors (Lipinski definition) is 3. The van der Waals surface area contributed by atoms with Gasteiger partial charge < -0.3 is 9.64 Å². The molecule has 0 saturated heterocycles. The minimum atomic E-state index is -0.231.